The molecule has 0 unspecified atom stereocenters. The Hall–Kier alpha value is -3.92. The third kappa shape index (κ3) is 2.55. The number of nitrogens with two attached hydrogens (primary N) is 1. The predicted octanol–water partition coefficient (Wildman–Crippen LogP) is 3.03. The van der Waals surface area contributed by atoms with Gasteiger partial charge in [0.1, 0.15) is 17.2 Å². The van der Waals surface area contributed by atoms with Gasteiger partial charge < -0.3 is 24.4 Å². The Kier molecular flexibility index (Phi) is 4.17. The highest BCUT2D eigenvalue weighted by molar-refractivity contribution is 5.86. The number of methoxy groups -OCH3 is 2. The highest BCUT2D eigenvalue weighted by Crippen LogP contribution is 2.44. The molecular formula is C21H16N2O5. The van der Waals surface area contributed by atoms with Crippen LogP contribution in [-0.2, 0) is 0 Å². The lowest BCUT2D eigenvalue weighted by atomic mass is 9.83. The summed E-state index contributed by atoms with van der Waals surface area (Å²) in [5, 5.41) is 10.3. The fraction of sp³-hybridized carbons (Fsp3) is 0.143. The number of ether oxygens (including phenoxy) is 3. The third-order valence-corrected chi connectivity index (χ3v) is 4.72. The van der Waals surface area contributed by atoms with Crippen LogP contribution in [0.2, 0.25) is 0 Å². The topological polar surface area (TPSA) is 108 Å². The molecule has 0 spiro atoms. The molecule has 7 heteroatoms. The summed E-state index contributed by atoms with van der Waals surface area (Å²) in [5.41, 5.74) is 6.81. The van der Waals surface area contributed by atoms with Crippen LogP contribution in [0.5, 0.6) is 17.2 Å². The Morgan fingerprint density at radius 1 is 1.11 bits per heavy atom. The Balaban J connectivity index is 2.04. The maximum Gasteiger partial charge on any atom is 0.344 e. The van der Waals surface area contributed by atoms with Gasteiger partial charge in [0.2, 0.25) is 5.88 Å². The second-order valence-electron chi connectivity index (χ2n) is 6.17. The maximum absolute atomic E-state index is 12.8. The number of fused-ring (bicyclic) bond motifs is 3. The molecule has 1 aliphatic heterocycles. The summed E-state index contributed by atoms with van der Waals surface area (Å²) in [6.45, 7) is 0. The zero-order valence-corrected chi connectivity index (χ0v) is 15.2. The van der Waals surface area contributed by atoms with Gasteiger partial charge in [0.15, 0.2) is 17.2 Å². The second-order valence-corrected chi connectivity index (χ2v) is 6.17. The quantitative estimate of drug-likeness (QED) is 0.700. The molecule has 0 bridgehead atoms. The molecule has 4 rings (SSSR count). The van der Waals surface area contributed by atoms with Crippen molar-refractivity contribution >= 4 is 11.0 Å². The van der Waals surface area contributed by atoms with E-state index in [1.165, 1.54) is 14.2 Å². The molecule has 7 nitrogen and oxygen atoms in total. The third-order valence-electron chi connectivity index (χ3n) is 4.72. The smallest absolute Gasteiger partial charge is 0.344 e. The van der Waals surface area contributed by atoms with Crippen molar-refractivity contribution in [3.05, 3.63) is 75.5 Å². The van der Waals surface area contributed by atoms with Crippen molar-refractivity contribution in [1.82, 2.24) is 0 Å². The van der Waals surface area contributed by atoms with Gasteiger partial charge in [0, 0.05) is 0 Å². The van der Waals surface area contributed by atoms with Crippen LogP contribution in [0.25, 0.3) is 11.0 Å². The Bertz CT molecular complexity index is 1220. The molecule has 2 heterocycles. The van der Waals surface area contributed by atoms with Gasteiger partial charge in [-0.2, -0.15) is 5.26 Å². The van der Waals surface area contributed by atoms with Crippen LogP contribution in [0.15, 0.2) is 63.1 Å². The Morgan fingerprint density at radius 2 is 1.86 bits per heavy atom. The summed E-state index contributed by atoms with van der Waals surface area (Å²) in [6, 6.07) is 14.2. The van der Waals surface area contributed by atoms with E-state index in [4.69, 9.17) is 24.4 Å². The van der Waals surface area contributed by atoms with Crippen LogP contribution in [0.4, 0.5) is 0 Å². The molecule has 140 valence electrons. The minimum absolute atomic E-state index is 0.0504. The van der Waals surface area contributed by atoms with Crippen LogP contribution < -0.4 is 25.6 Å². The largest absolute Gasteiger partial charge is 0.493 e. The molecule has 0 fully saturated rings. The monoisotopic (exact) mass is 376 g/mol. The van der Waals surface area contributed by atoms with Crippen molar-refractivity contribution in [2.45, 2.75) is 5.92 Å². The first-order chi connectivity index (χ1) is 13.6. The van der Waals surface area contributed by atoms with Gasteiger partial charge in [-0.05, 0) is 29.8 Å². The molecule has 0 radical (unpaired) electrons. The van der Waals surface area contributed by atoms with E-state index in [-0.39, 0.29) is 17.0 Å². The lowest BCUT2D eigenvalue weighted by Gasteiger charge is -2.26. The SMILES string of the molecule is COc1ccc([C@H]2C(C#N)=C(N)Oc3c2c(=O)oc2ccccc32)cc1OC. The number of allylic oxidation sites excluding steroid dienone is 1. The van der Waals surface area contributed by atoms with Crippen molar-refractivity contribution in [2.24, 2.45) is 5.73 Å². The number of nitriles is 1. The zero-order chi connectivity index (χ0) is 19.8. The van der Waals surface area contributed by atoms with E-state index >= 15 is 0 Å². The van der Waals surface area contributed by atoms with Crippen LogP contribution in [0.3, 0.4) is 0 Å². The average molecular weight is 376 g/mol. The minimum atomic E-state index is -0.755. The standard InChI is InChI=1S/C21H16N2O5/c1-25-15-8-7-11(9-16(15)26-2)17-13(10-22)20(23)28-19-12-5-3-4-6-14(12)27-21(24)18(17)19/h3-9,17H,23H2,1-2H3/t17-/m0/s1. The lowest BCUT2D eigenvalue weighted by Crippen LogP contribution is -2.26. The predicted molar refractivity (Wildman–Crippen MR) is 101 cm³/mol. The fourth-order valence-corrected chi connectivity index (χ4v) is 3.43. The molecule has 0 aliphatic carbocycles. The lowest BCUT2D eigenvalue weighted by molar-refractivity contribution is 0.354. The zero-order valence-electron chi connectivity index (χ0n) is 15.2. The number of para-hydroxylation sites is 1. The van der Waals surface area contributed by atoms with E-state index in [9.17, 15) is 10.1 Å². The molecule has 1 aromatic heterocycles. The molecule has 1 atom stereocenters. The fourth-order valence-electron chi connectivity index (χ4n) is 3.43. The van der Waals surface area contributed by atoms with E-state index in [0.29, 0.717) is 33.8 Å². The Labute approximate surface area is 160 Å². The van der Waals surface area contributed by atoms with Crippen molar-refractivity contribution in [1.29, 1.82) is 5.26 Å². The molecule has 3 aromatic rings. The summed E-state index contributed by atoms with van der Waals surface area (Å²) in [5.74, 6) is 0.483. The number of rotatable bonds is 3. The van der Waals surface area contributed by atoms with E-state index < -0.39 is 11.5 Å². The van der Waals surface area contributed by atoms with Crippen molar-refractivity contribution in [2.75, 3.05) is 14.2 Å². The van der Waals surface area contributed by atoms with Gasteiger partial charge in [-0.3, -0.25) is 0 Å². The van der Waals surface area contributed by atoms with Gasteiger partial charge in [-0.25, -0.2) is 4.79 Å². The molecule has 1 aliphatic rings. The Morgan fingerprint density at radius 3 is 2.57 bits per heavy atom. The summed E-state index contributed by atoms with van der Waals surface area (Å²) >= 11 is 0. The normalized spacial score (nSPS) is 15.5. The first kappa shape index (κ1) is 17.5. The van der Waals surface area contributed by atoms with Crippen molar-refractivity contribution in [3.63, 3.8) is 0 Å². The van der Waals surface area contributed by atoms with E-state index in [1.807, 2.05) is 0 Å². The number of nitrogens with zero attached hydrogens (tertiary/aromatic N) is 1. The highest BCUT2D eigenvalue weighted by Gasteiger charge is 2.35. The summed E-state index contributed by atoms with van der Waals surface area (Å²) < 4.78 is 21.8. The van der Waals surface area contributed by atoms with E-state index in [0.717, 1.165) is 0 Å². The number of benzene rings is 2. The first-order valence-corrected chi connectivity index (χ1v) is 8.44. The molecular weight excluding hydrogens is 360 g/mol. The van der Waals surface area contributed by atoms with Gasteiger partial charge in [0.25, 0.3) is 0 Å². The van der Waals surface area contributed by atoms with E-state index in [1.54, 1.807) is 42.5 Å². The van der Waals surface area contributed by atoms with Crippen LogP contribution in [0, 0.1) is 11.3 Å². The highest BCUT2D eigenvalue weighted by atomic mass is 16.5. The van der Waals surface area contributed by atoms with Gasteiger partial charge in [-0.15, -0.1) is 0 Å². The second kappa shape index (κ2) is 6.67. The van der Waals surface area contributed by atoms with Crippen LogP contribution in [-0.4, -0.2) is 14.2 Å². The van der Waals surface area contributed by atoms with Gasteiger partial charge >= 0.3 is 5.63 Å². The van der Waals surface area contributed by atoms with Crippen LogP contribution >= 0.6 is 0 Å². The molecule has 0 saturated carbocycles. The van der Waals surface area contributed by atoms with Crippen molar-refractivity contribution < 1.29 is 18.6 Å². The minimum Gasteiger partial charge on any atom is -0.493 e. The summed E-state index contributed by atoms with van der Waals surface area (Å²) in [7, 11) is 3.04. The number of hydrogen-bond donors (Lipinski definition) is 1. The molecule has 0 saturated heterocycles. The van der Waals surface area contributed by atoms with Crippen LogP contribution in [0.1, 0.15) is 17.0 Å². The summed E-state index contributed by atoms with van der Waals surface area (Å²) in [6.07, 6.45) is 0. The number of hydrogen-bond acceptors (Lipinski definition) is 7. The first-order valence-electron chi connectivity index (χ1n) is 8.44. The maximum atomic E-state index is 12.8. The van der Waals surface area contributed by atoms with Gasteiger partial charge in [-0.1, -0.05) is 18.2 Å². The molecule has 0 amide bonds. The summed E-state index contributed by atoms with van der Waals surface area (Å²) in [4.78, 5) is 12.8. The van der Waals surface area contributed by atoms with E-state index in [2.05, 4.69) is 6.07 Å². The van der Waals surface area contributed by atoms with Crippen molar-refractivity contribution in [3.8, 4) is 23.3 Å². The molecule has 28 heavy (non-hydrogen) atoms. The average Bonchev–Trinajstić information content (AvgIpc) is 2.72. The van der Waals surface area contributed by atoms with Gasteiger partial charge in [0.05, 0.1) is 31.1 Å². The molecule has 2 N–H and O–H groups in total. The molecule has 2 aromatic carbocycles.